The monoisotopic (exact) mass is 794 g/mol. The number of amides is 6. The SMILES string of the molecule is CCCC(NC(=O)[C@@H]1C[C@@H](OC(C)(C)C)CN1C(=O)[C@@H](NC(=O)OC(C)(C)C)C1CCCCC1)C(=O)C(=O)NCC(=O)N[C@@H](CCC(=O)OC(C)(C)C)C(N)=O. The second kappa shape index (κ2) is 20.8. The highest BCUT2D eigenvalue weighted by atomic mass is 16.6. The van der Waals surface area contributed by atoms with Crippen molar-refractivity contribution in [2.24, 2.45) is 11.7 Å². The Bertz CT molecular complexity index is 1430. The van der Waals surface area contributed by atoms with Crippen molar-refractivity contribution in [3.05, 3.63) is 0 Å². The van der Waals surface area contributed by atoms with Gasteiger partial charge < -0.3 is 46.1 Å². The van der Waals surface area contributed by atoms with Crippen LogP contribution >= 0.6 is 0 Å². The highest BCUT2D eigenvalue weighted by molar-refractivity contribution is 6.38. The van der Waals surface area contributed by atoms with Crippen LogP contribution in [0.3, 0.4) is 0 Å². The van der Waals surface area contributed by atoms with Crippen LogP contribution in [0.4, 0.5) is 4.79 Å². The maximum absolute atomic E-state index is 14.4. The first-order valence-electron chi connectivity index (χ1n) is 19.7. The van der Waals surface area contributed by atoms with E-state index in [-0.39, 0.29) is 38.1 Å². The first-order chi connectivity index (χ1) is 25.8. The van der Waals surface area contributed by atoms with Crippen LogP contribution in [0.25, 0.3) is 0 Å². The summed E-state index contributed by atoms with van der Waals surface area (Å²) in [6.45, 7) is 16.9. The van der Waals surface area contributed by atoms with E-state index in [0.29, 0.717) is 19.3 Å². The van der Waals surface area contributed by atoms with Crippen LogP contribution in [0.15, 0.2) is 0 Å². The lowest BCUT2D eigenvalue weighted by atomic mass is 9.83. The molecule has 6 N–H and O–H groups in total. The van der Waals surface area contributed by atoms with Gasteiger partial charge in [0.25, 0.3) is 5.91 Å². The lowest BCUT2D eigenvalue weighted by Gasteiger charge is -2.35. The predicted octanol–water partition coefficient (Wildman–Crippen LogP) is 2.31. The summed E-state index contributed by atoms with van der Waals surface area (Å²) >= 11 is 0. The Morgan fingerprint density at radius 3 is 1.91 bits per heavy atom. The minimum absolute atomic E-state index is 0.0550. The molecule has 17 heteroatoms. The van der Waals surface area contributed by atoms with Crippen molar-refractivity contribution in [3.63, 3.8) is 0 Å². The average molecular weight is 795 g/mol. The fraction of sp³-hybridized carbons (Fsp3) is 0.795. The molecule has 0 aromatic carbocycles. The molecule has 1 unspecified atom stereocenters. The van der Waals surface area contributed by atoms with E-state index in [0.717, 1.165) is 19.3 Å². The minimum atomic E-state index is -1.30. The number of carbonyl (C=O) groups excluding carboxylic acids is 8. The van der Waals surface area contributed by atoms with Crippen molar-refractivity contribution in [3.8, 4) is 0 Å². The number of rotatable bonds is 17. The summed E-state index contributed by atoms with van der Waals surface area (Å²) in [5, 5.41) is 10.0. The van der Waals surface area contributed by atoms with Crippen molar-refractivity contribution in [2.75, 3.05) is 13.1 Å². The smallest absolute Gasteiger partial charge is 0.408 e. The predicted molar refractivity (Wildman–Crippen MR) is 206 cm³/mol. The normalized spacial score (nSPS) is 19.5. The molecule has 1 heterocycles. The van der Waals surface area contributed by atoms with E-state index in [4.69, 9.17) is 19.9 Å². The van der Waals surface area contributed by atoms with E-state index in [1.54, 1.807) is 48.5 Å². The highest BCUT2D eigenvalue weighted by Crippen LogP contribution is 2.31. The summed E-state index contributed by atoms with van der Waals surface area (Å²) in [6, 6.07) is -4.59. The van der Waals surface area contributed by atoms with Crippen LogP contribution in [0.5, 0.6) is 0 Å². The molecule has 318 valence electrons. The van der Waals surface area contributed by atoms with Gasteiger partial charge in [-0.2, -0.15) is 0 Å². The number of hydrogen-bond acceptors (Lipinski definition) is 11. The van der Waals surface area contributed by atoms with Crippen LogP contribution in [0.1, 0.15) is 133 Å². The molecule has 56 heavy (non-hydrogen) atoms. The van der Waals surface area contributed by atoms with E-state index in [2.05, 4.69) is 21.3 Å². The summed E-state index contributed by atoms with van der Waals surface area (Å²) < 4.78 is 16.9. The van der Waals surface area contributed by atoms with Crippen molar-refractivity contribution < 1.29 is 52.6 Å². The minimum Gasteiger partial charge on any atom is -0.460 e. The summed E-state index contributed by atoms with van der Waals surface area (Å²) in [6.07, 6.45) is 3.12. The summed E-state index contributed by atoms with van der Waals surface area (Å²) in [5.41, 5.74) is 3.23. The van der Waals surface area contributed by atoms with Gasteiger partial charge >= 0.3 is 12.1 Å². The molecule has 0 aromatic rings. The number of esters is 1. The van der Waals surface area contributed by atoms with Gasteiger partial charge in [-0.15, -0.1) is 0 Å². The van der Waals surface area contributed by atoms with E-state index in [9.17, 15) is 38.4 Å². The number of ether oxygens (including phenoxy) is 3. The number of alkyl carbamates (subject to hydrolysis) is 1. The standard InChI is InChI=1S/C39H66N6O11/c1-11-15-25(31(48)34(51)41-21-28(46)42-26(32(40)49)18-19-29(47)55-38(5,6)7)43-33(50)27-20-24(54-37(2,3)4)22-45(27)35(52)30(23-16-13-12-14-17-23)44-36(53)56-39(8,9)10/h23-27,30H,11-22H2,1-10H3,(H2,40,49)(H,41,51)(H,42,46)(H,43,50)(H,44,53)/t24-,25?,26+,27+,30+/m1/s1. The van der Waals surface area contributed by atoms with Gasteiger partial charge in [0.15, 0.2) is 0 Å². The first kappa shape index (κ1) is 47.9. The largest absolute Gasteiger partial charge is 0.460 e. The van der Waals surface area contributed by atoms with Gasteiger partial charge in [-0.25, -0.2) is 4.79 Å². The third-order valence-corrected chi connectivity index (χ3v) is 9.01. The molecule has 0 bridgehead atoms. The van der Waals surface area contributed by atoms with Crippen molar-refractivity contribution in [1.82, 2.24) is 26.2 Å². The van der Waals surface area contributed by atoms with Gasteiger partial charge in [-0.3, -0.25) is 33.6 Å². The Morgan fingerprint density at radius 1 is 0.768 bits per heavy atom. The molecule has 2 rings (SSSR count). The van der Waals surface area contributed by atoms with Gasteiger partial charge in [-0.1, -0.05) is 32.6 Å². The maximum atomic E-state index is 14.4. The third kappa shape index (κ3) is 16.8. The molecular weight excluding hydrogens is 728 g/mol. The van der Waals surface area contributed by atoms with Crippen molar-refractivity contribution in [1.29, 1.82) is 0 Å². The molecule has 6 amide bonds. The molecule has 1 saturated carbocycles. The number of primary amides is 1. The Morgan fingerprint density at radius 2 is 1.38 bits per heavy atom. The van der Waals surface area contributed by atoms with Crippen LogP contribution in [-0.4, -0.2) is 112 Å². The second-order valence-corrected chi connectivity index (χ2v) is 17.7. The number of Topliss-reactive ketones (excluding diaryl/α,β-unsaturated/α-hetero) is 1. The third-order valence-electron chi connectivity index (χ3n) is 9.01. The van der Waals surface area contributed by atoms with Crippen molar-refractivity contribution >= 4 is 47.4 Å². The first-order valence-corrected chi connectivity index (χ1v) is 19.7. The Labute approximate surface area is 331 Å². The average Bonchev–Trinajstić information content (AvgIpc) is 3.48. The fourth-order valence-corrected chi connectivity index (χ4v) is 6.75. The molecule has 1 aliphatic carbocycles. The lowest BCUT2D eigenvalue weighted by Crippen LogP contribution is -2.58. The zero-order valence-electron chi connectivity index (χ0n) is 35.0. The van der Waals surface area contributed by atoms with E-state index >= 15 is 0 Å². The quantitative estimate of drug-likeness (QED) is 0.106. The molecular formula is C39H66N6O11. The molecule has 17 nitrogen and oxygen atoms in total. The van der Waals surface area contributed by atoms with Gasteiger partial charge in [0.05, 0.1) is 24.3 Å². The van der Waals surface area contributed by atoms with Gasteiger partial charge in [0, 0.05) is 19.4 Å². The summed E-state index contributed by atoms with van der Waals surface area (Å²) in [7, 11) is 0. The molecule has 1 saturated heterocycles. The molecule has 5 atom stereocenters. The van der Waals surface area contributed by atoms with Gasteiger partial charge in [0.2, 0.25) is 29.4 Å². The summed E-state index contributed by atoms with van der Waals surface area (Å²) in [5.74, 6) is -5.85. The number of carbonyl (C=O) groups is 8. The zero-order chi connectivity index (χ0) is 42.6. The van der Waals surface area contributed by atoms with Crippen LogP contribution in [-0.2, 0) is 47.8 Å². The van der Waals surface area contributed by atoms with E-state index in [1.807, 2.05) is 20.8 Å². The maximum Gasteiger partial charge on any atom is 0.408 e. The number of nitrogens with zero attached hydrogens (tertiary/aromatic N) is 1. The summed E-state index contributed by atoms with van der Waals surface area (Å²) in [4.78, 5) is 106. The zero-order valence-corrected chi connectivity index (χ0v) is 35.0. The molecule has 0 aromatic heterocycles. The number of likely N-dealkylation sites (tertiary alicyclic amines) is 1. The second-order valence-electron chi connectivity index (χ2n) is 17.7. The Hall–Kier alpha value is -4.28. The Balaban J connectivity index is 2.20. The molecule has 2 aliphatic rings. The molecule has 0 radical (unpaired) electrons. The van der Waals surface area contributed by atoms with Gasteiger partial charge in [-0.05, 0) is 93.9 Å². The molecule has 1 aliphatic heterocycles. The number of nitrogens with two attached hydrogens (primary N) is 1. The number of hydrogen-bond donors (Lipinski definition) is 5. The highest BCUT2D eigenvalue weighted by Gasteiger charge is 2.46. The Kier molecular flexibility index (Phi) is 17.7. The number of nitrogens with one attached hydrogen (secondary N) is 4. The molecule has 0 spiro atoms. The van der Waals surface area contributed by atoms with Crippen LogP contribution in [0, 0.1) is 5.92 Å². The lowest BCUT2D eigenvalue weighted by molar-refractivity contribution is -0.155. The molecule has 2 fully saturated rings. The fourth-order valence-electron chi connectivity index (χ4n) is 6.75. The van der Waals surface area contributed by atoms with Crippen LogP contribution < -0.4 is 27.0 Å². The van der Waals surface area contributed by atoms with Gasteiger partial charge in [0.1, 0.15) is 29.3 Å². The van der Waals surface area contributed by atoms with E-state index in [1.165, 1.54) is 4.90 Å². The van der Waals surface area contributed by atoms with Crippen molar-refractivity contribution in [2.45, 2.75) is 181 Å². The number of ketones is 1. The topological polar surface area (TPSA) is 242 Å². The van der Waals surface area contributed by atoms with Crippen LogP contribution in [0.2, 0.25) is 0 Å². The van der Waals surface area contributed by atoms with E-state index < -0.39 is 101 Å².